The van der Waals surface area contributed by atoms with Gasteiger partial charge in [-0.3, -0.25) is 10.1 Å². The number of hydrogen-bond donors (Lipinski definition) is 2. The van der Waals surface area contributed by atoms with Crippen LogP contribution in [-0.4, -0.2) is 50.5 Å². The van der Waals surface area contributed by atoms with Crippen molar-refractivity contribution in [2.45, 2.75) is 55.6 Å². The van der Waals surface area contributed by atoms with Gasteiger partial charge in [-0.1, -0.05) is 0 Å². The Hall–Kier alpha value is -2.15. The van der Waals surface area contributed by atoms with E-state index in [0.717, 1.165) is 19.3 Å². The number of carbonyl (C=O) groups excluding carboxylic acids is 1. The fourth-order valence-corrected chi connectivity index (χ4v) is 4.26. The molecule has 1 aromatic carbocycles. The molecule has 3 N–H and O–H groups in total. The molecule has 146 valence electrons. The summed E-state index contributed by atoms with van der Waals surface area (Å²) in [6.45, 7) is 2.78. The van der Waals surface area contributed by atoms with Crippen molar-refractivity contribution >= 4 is 15.9 Å². The van der Waals surface area contributed by atoms with Crippen LogP contribution in [0.4, 0.5) is 0 Å². The molecule has 0 aliphatic carbocycles. The van der Waals surface area contributed by atoms with E-state index in [1.807, 2.05) is 0 Å². The average molecular weight is 392 g/mol. The number of nitriles is 1. The summed E-state index contributed by atoms with van der Waals surface area (Å²) < 4.78 is 28.6. The summed E-state index contributed by atoms with van der Waals surface area (Å²) in [7, 11) is -3.74. The summed E-state index contributed by atoms with van der Waals surface area (Å²) in [5.74, 6) is 0.582. The number of sulfonamides is 1. The molecule has 2 saturated heterocycles. The van der Waals surface area contributed by atoms with Crippen molar-refractivity contribution in [3.05, 3.63) is 23.8 Å². The molecule has 1 aromatic rings. The summed E-state index contributed by atoms with van der Waals surface area (Å²) in [5, 5.41) is 17.6. The Morgan fingerprint density at radius 3 is 2.85 bits per heavy atom. The largest absolute Gasteiger partial charge is 0.492 e. The lowest BCUT2D eigenvalue weighted by Gasteiger charge is -2.24. The van der Waals surface area contributed by atoms with Crippen molar-refractivity contribution in [2.24, 2.45) is 5.14 Å². The third-order valence-electron chi connectivity index (χ3n) is 5.14. The minimum Gasteiger partial charge on any atom is -0.492 e. The number of aryl methyl sites for hydroxylation is 1. The van der Waals surface area contributed by atoms with Crippen LogP contribution in [0.1, 0.15) is 31.2 Å². The second-order valence-corrected chi connectivity index (χ2v) is 8.66. The number of ether oxygens (including phenoxy) is 1. The molecule has 0 saturated carbocycles. The number of amides is 1. The van der Waals surface area contributed by atoms with Crippen molar-refractivity contribution < 1.29 is 17.9 Å². The fourth-order valence-electron chi connectivity index (χ4n) is 3.66. The van der Waals surface area contributed by atoms with Gasteiger partial charge in [0.25, 0.3) is 0 Å². The number of nitrogens with zero attached hydrogens (tertiary/aromatic N) is 2. The number of hydrogen-bond acceptors (Lipinski definition) is 6. The highest BCUT2D eigenvalue weighted by Gasteiger charge is 2.36. The Morgan fingerprint density at radius 2 is 2.19 bits per heavy atom. The average Bonchev–Trinajstić information content (AvgIpc) is 3.28. The van der Waals surface area contributed by atoms with Crippen LogP contribution in [-0.2, 0) is 14.8 Å². The van der Waals surface area contributed by atoms with Gasteiger partial charge in [0.2, 0.25) is 15.9 Å². The molecule has 2 heterocycles. The summed E-state index contributed by atoms with van der Waals surface area (Å²) in [6, 6.07) is 6.13. The Balaban J connectivity index is 1.55. The lowest BCUT2D eigenvalue weighted by molar-refractivity contribution is -0.133. The van der Waals surface area contributed by atoms with Gasteiger partial charge in [0, 0.05) is 12.6 Å². The van der Waals surface area contributed by atoms with E-state index in [2.05, 4.69) is 11.4 Å². The molecular formula is C18H24N4O4S. The number of primary sulfonamides is 1. The van der Waals surface area contributed by atoms with E-state index in [1.54, 1.807) is 17.9 Å². The van der Waals surface area contributed by atoms with Gasteiger partial charge in [-0.15, -0.1) is 0 Å². The summed E-state index contributed by atoms with van der Waals surface area (Å²) >= 11 is 0. The van der Waals surface area contributed by atoms with E-state index in [9.17, 15) is 13.2 Å². The smallest absolute Gasteiger partial charge is 0.240 e. The Labute approximate surface area is 159 Å². The van der Waals surface area contributed by atoms with Crippen LogP contribution >= 0.6 is 0 Å². The molecule has 0 unspecified atom stereocenters. The lowest BCUT2D eigenvalue weighted by Crippen LogP contribution is -2.47. The van der Waals surface area contributed by atoms with Gasteiger partial charge in [-0.25, -0.2) is 13.6 Å². The second kappa shape index (κ2) is 7.84. The third-order valence-corrected chi connectivity index (χ3v) is 6.05. The van der Waals surface area contributed by atoms with Gasteiger partial charge in [-0.2, -0.15) is 5.26 Å². The molecule has 9 heteroatoms. The zero-order valence-electron chi connectivity index (χ0n) is 15.2. The summed E-state index contributed by atoms with van der Waals surface area (Å²) in [5.41, 5.74) is 0.682. The molecule has 3 rings (SSSR count). The van der Waals surface area contributed by atoms with E-state index in [-0.39, 0.29) is 28.9 Å². The SMILES string of the molecule is Cc1cc(S(N)(=O)=O)ccc1OC[C@H]1CC[C@@H](C(=O)N2CCC[C@H]2C#N)N1. The van der Waals surface area contributed by atoms with Gasteiger partial charge in [0.1, 0.15) is 18.4 Å². The van der Waals surface area contributed by atoms with Crippen LogP contribution in [0.3, 0.4) is 0 Å². The van der Waals surface area contributed by atoms with E-state index in [4.69, 9.17) is 15.1 Å². The fraction of sp³-hybridized carbons (Fsp3) is 0.556. The van der Waals surface area contributed by atoms with E-state index in [1.165, 1.54) is 12.1 Å². The molecule has 2 fully saturated rings. The molecule has 0 bridgehead atoms. The van der Waals surface area contributed by atoms with Crippen LogP contribution in [0, 0.1) is 18.3 Å². The van der Waals surface area contributed by atoms with E-state index >= 15 is 0 Å². The van der Waals surface area contributed by atoms with Gasteiger partial charge < -0.3 is 9.64 Å². The maximum atomic E-state index is 12.6. The molecule has 2 aliphatic heterocycles. The first-order valence-electron chi connectivity index (χ1n) is 9.02. The molecule has 2 aliphatic rings. The number of likely N-dealkylation sites (tertiary alicyclic amines) is 1. The van der Waals surface area contributed by atoms with E-state index in [0.29, 0.717) is 30.9 Å². The number of benzene rings is 1. The van der Waals surface area contributed by atoms with Gasteiger partial charge in [0.05, 0.1) is 17.0 Å². The molecule has 3 atom stereocenters. The number of carbonyl (C=O) groups is 1. The number of nitrogens with two attached hydrogens (primary N) is 1. The topological polar surface area (TPSA) is 126 Å². The zero-order chi connectivity index (χ0) is 19.6. The van der Waals surface area contributed by atoms with Crippen LogP contribution in [0.15, 0.2) is 23.1 Å². The Morgan fingerprint density at radius 1 is 1.41 bits per heavy atom. The normalized spacial score (nSPS) is 25.4. The number of rotatable bonds is 5. The second-order valence-electron chi connectivity index (χ2n) is 7.10. The minimum absolute atomic E-state index is 0.00441. The lowest BCUT2D eigenvalue weighted by atomic mass is 10.1. The monoisotopic (exact) mass is 392 g/mol. The highest BCUT2D eigenvalue weighted by molar-refractivity contribution is 7.89. The van der Waals surface area contributed by atoms with Crippen LogP contribution in [0.25, 0.3) is 0 Å². The number of nitrogens with one attached hydrogen (secondary N) is 1. The van der Waals surface area contributed by atoms with Crippen molar-refractivity contribution in [3.63, 3.8) is 0 Å². The first-order chi connectivity index (χ1) is 12.8. The van der Waals surface area contributed by atoms with Gasteiger partial charge in [0.15, 0.2) is 0 Å². The molecule has 0 aromatic heterocycles. The molecule has 1 amide bonds. The first kappa shape index (κ1) is 19.6. The predicted octanol–water partition coefficient (Wildman–Crippen LogP) is 0.656. The van der Waals surface area contributed by atoms with Crippen LogP contribution in [0.2, 0.25) is 0 Å². The zero-order valence-corrected chi connectivity index (χ0v) is 16.0. The molecule has 27 heavy (non-hydrogen) atoms. The molecule has 0 radical (unpaired) electrons. The first-order valence-corrected chi connectivity index (χ1v) is 10.6. The van der Waals surface area contributed by atoms with Crippen molar-refractivity contribution in [1.82, 2.24) is 10.2 Å². The molecule has 8 nitrogen and oxygen atoms in total. The third kappa shape index (κ3) is 4.40. The van der Waals surface area contributed by atoms with Gasteiger partial charge >= 0.3 is 0 Å². The molecule has 0 spiro atoms. The maximum absolute atomic E-state index is 12.6. The van der Waals surface area contributed by atoms with E-state index < -0.39 is 10.0 Å². The Kier molecular flexibility index (Phi) is 5.69. The molecular weight excluding hydrogens is 368 g/mol. The van der Waals surface area contributed by atoms with Gasteiger partial charge in [-0.05, 0) is 56.4 Å². The van der Waals surface area contributed by atoms with Crippen LogP contribution in [0.5, 0.6) is 5.75 Å². The summed E-state index contributed by atoms with van der Waals surface area (Å²) in [4.78, 5) is 14.4. The standard InChI is InChI=1S/C18H24N4O4S/c1-12-9-15(27(20,24)25)5-7-17(12)26-11-13-4-6-16(21-13)18(23)22-8-2-3-14(22)10-19/h5,7,9,13-14,16,21H,2-4,6,8,11H2,1H3,(H2,20,24,25)/t13-,14+,16+/m1/s1. The van der Waals surface area contributed by atoms with Crippen LogP contribution < -0.4 is 15.2 Å². The highest BCUT2D eigenvalue weighted by Crippen LogP contribution is 2.24. The minimum atomic E-state index is -3.74. The predicted molar refractivity (Wildman–Crippen MR) is 98.3 cm³/mol. The van der Waals surface area contributed by atoms with Crippen molar-refractivity contribution in [1.29, 1.82) is 5.26 Å². The maximum Gasteiger partial charge on any atom is 0.240 e. The summed E-state index contributed by atoms with van der Waals surface area (Å²) in [6.07, 6.45) is 3.13. The quantitative estimate of drug-likeness (QED) is 0.758. The Bertz CT molecular complexity index is 865. The van der Waals surface area contributed by atoms with Crippen molar-refractivity contribution in [3.8, 4) is 11.8 Å². The van der Waals surface area contributed by atoms with Crippen molar-refractivity contribution in [2.75, 3.05) is 13.2 Å². The highest BCUT2D eigenvalue weighted by atomic mass is 32.2.